The fraction of sp³-hybridized carbons (Fsp3) is 0.371. The maximum Gasteiger partial charge on any atom is 0.410 e. The second-order valence-corrected chi connectivity index (χ2v) is 15.0. The highest BCUT2D eigenvalue weighted by Gasteiger charge is 2.60. The van der Waals surface area contributed by atoms with E-state index in [9.17, 15) is 39.7 Å². The molecular formula is C35H35N6O10S2+. The van der Waals surface area contributed by atoms with Gasteiger partial charge in [0.25, 0.3) is 17.7 Å². The van der Waals surface area contributed by atoms with Gasteiger partial charge in [0.1, 0.15) is 31.1 Å². The summed E-state index contributed by atoms with van der Waals surface area (Å²) in [6, 6.07) is 11.1. The van der Waals surface area contributed by atoms with Gasteiger partial charge in [-0.05, 0) is 48.6 Å². The lowest BCUT2D eigenvalue weighted by atomic mass is 9.77. The van der Waals surface area contributed by atoms with Crippen LogP contribution >= 0.6 is 23.1 Å². The molecule has 2 aromatic carbocycles. The standard InChI is InChI=1S/C35H35N6O10S2/c1-19-27(30(39-29(19)28(20(2)42)31(39)43)34(44)50-16-21-4-8-23(9-5-21)40(46)47)26-15-37-18-38(33(52-3)32(37)53-26)25-12-13-36(14-25)35(45)51-17-22-6-10-24(11-7-22)41(48)49/h4-11,15,18-20,25,28-29,42H,12-14,16-17H2,1-3H3/q+1/t19-,20+,25-,28+,29+/m0/s1. The topological polar surface area (TPSA) is 191 Å². The van der Waals surface area contributed by atoms with Gasteiger partial charge < -0.3 is 24.4 Å². The Balaban J connectivity index is 1.11. The Morgan fingerprint density at radius 3 is 2.21 bits per heavy atom. The highest BCUT2D eigenvalue weighted by Crippen LogP contribution is 2.52. The number of hydrogen-bond acceptors (Lipinski definition) is 12. The van der Waals surface area contributed by atoms with Gasteiger partial charge in [-0.2, -0.15) is 4.40 Å². The van der Waals surface area contributed by atoms with Gasteiger partial charge in [0.05, 0.1) is 39.3 Å². The number of benzene rings is 2. The minimum absolute atomic E-state index is 0.00533. The number of amides is 2. The van der Waals surface area contributed by atoms with E-state index in [-0.39, 0.29) is 48.2 Å². The number of likely N-dealkylation sites (tertiary alicyclic amines) is 1. The van der Waals surface area contributed by atoms with E-state index < -0.39 is 40.0 Å². The van der Waals surface area contributed by atoms with Crippen molar-refractivity contribution < 1.29 is 43.4 Å². The van der Waals surface area contributed by atoms with E-state index in [0.29, 0.717) is 36.2 Å². The van der Waals surface area contributed by atoms with Crippen molar-refractivity contribution in [3.8, 4) is 0 Å². The van der Waals surface area contributed by atoms with E-state index in [1.165, 1.54) is 52.6 Å². The average molecular weight is 764 g/mol. The zero-order valence-electron chi connectivity index (χ0n) is 28.8. The Hall–Kier alpha value is -5.33. The quantitative estimate of drug-likeness (QED) is 0.0555. The maximum absolute atomic E-state index is 13.8. The summed E-state index contributed by atoms with van der Waals surface area (Å²) in [6.45, 7) is 4.26. The molecule has 2 saturated heterocycles. The van der Waals surface area contributed by atoms with Crippen LogP contribution in [0.4, 0.5) is 16.2 Å². The predicted octanol–water partition coefficient (Wildman–Crippen LogP) is 4.72. The molecule has 2 aromatic heterocycles. The van der Waals surface area contributed by atoms with Crippen molar-refractivity contribution in [1.29, 1.82) is 0 Å². The summed E-state index contributed by atoms with van der Waals surface area (Å²) in [6.07, 6.45) is 5.17. The molecule has 16 nitrogen and oxygen atoms in total. The third-order valence-electron chi connectivity index (χ3n) is 10.0. The van der Waals surface area contributed by atoms with Crippen LogP contribution < -0.4 is 4.57 Å². The van der Waals surface area contributed by atoms with Crippen molar-refractivity contribution in [2.45, 2.75) is 56.7 Å². The number of nitro benzene ring substituents is 2. The summed E-state index contributed by atoms with van der Waals surface area (Å²) in [5.74, 6) is -2.00. The van der Waals surface area contributed by atoms with E-state index in [1.807, 2.05) is 30.1 Å². The highest BCUT2D eigenvalue weighted by atomic mass is 32.2. The summed E-state index contributed by atoms with van der Waals surface area (Å²) in [4.78, 5) is 65.8. The molecule has 0 radical (unpaired) electrons. The van der Waals surface area contributed by atoms with Crippen LogP contribution in [0.2, 0.25) is 0 Å². The van der Waals surface area contributed by atoms with Gasteiger partial charge in [0, 0.05) is 48.7 Å². The van der Waals surface area contributed by atoms with Crippen LogP contribution in [-0.4, -0.2) is 78.6 Å². The second kappa shape index (κ2) is 14.2. The lowest BCUT2D eigenvalue weighted by Crippen LogP contribution is -2.63. The third-order valence-corrected chi connectivity index (χ3v) is 12.1. The molecule has 2 fully saturated rings. The van der Waals surface area contributed by atoms with Crippen molar-refractivity contribution in [3.63, 3.8) is 0 Å². The number of β-lactam (4-membered cyclic amide) rings is 1. The van der Waals surface area contributed by atoms with Gasteiger partial charge in [0.2, 0.25) is 15.8 Å². The zero-order valence-corrected chi connectivity index (χ0v) is 30.5. The lowest BCUT2D eigenvalue weighted by molar-refractivity contribution is -0.751. The molecule has 4 aromatic rings. The van der Waals surface area contributed by atoms with Crippen LogP contribution in [-0.2, 0) is 32.3 Å². The Morgan fingerprint density at radius 1 is 1.04 bits per heavy atom. The van der Waals surface area contributed by atoms with E-state index in [0.717, 1.165) is 14.7 Å². The molecule has 0 spiro atoms. The number of ether oxygens (including phenoxy) is 2. The summed E-state index contributed by atoms with van der Waals surface area (Å²) < 4.78 is 15.3. The number of hydrogen-bond donors (Lipinski definition) is 1. The molecular weight excluding hydrogens is 729 g/mol. The number of imidazole rings is 1. The summed E-state index contributed by atoms with van der Waals surface area (Å²) in [5.41, 5.74) is 1.85. The van der Waals surface area contributed by atoms with Crippen LogP contribution in [0.15, 0.2) is 71.8 Å². The van der Waals surface area contributed by atoms with Crippen LogP contribution in [0.3, 0.4) is 0 Å². The van der Waals surface area contributed by atoms with E-state index in [4.69, 9.17) is 9.47 Å². The largest absolute Gasteiger partial charge is 0.456 e. The highest BCUT2D eigenvalue weighted by molar-refractivity contribution is 7.98. The van der Waals surface area contributed by atoms with Gasteiger partial charge in [0.15, 0.2) is 0 Å². The summed E-state index contributed by atoms with van der Waals surface area (Å²) in [5, 5.41) is 33.4. The van der Waals surface area contributed by atoms with Gasteiger partial charge in [-0.1, -0.05) is 30.0 Å². The monoisotopic (exact) mass is 763 g/mol. The number of aliphatic hydroxyl groups excluding tert-OH is 1. The molecule has 276 valence electrons. The average Bonchev–Trinajstić information content (AvgIpc) is 3.90. The SMILES string of the molecule is CSc1c2sc(C3=C(C(=O)OCc4ccc([N+](=O)[O-])cc4)N4C(=O)[C@H]([C@@H](C)O)[C@H]4[C@H]3C)cn2c[n+]1[C@H]1CCN(C(=O)OCc2ccc([N+](=O)[O-])cc2)C1. The Morgan fingerprint density at radius 2 is 1.64 bits per heavy atom. The molecule has 1 N–H and O–H groups in total. The Kier molecular flexibility index (Phi) is 9.69. The molecule has 3 aliphatic rings. The van der Waals surface area contributed by atoms with Gasteiger partial charge in [-0.25, -0.2) is 14.2 Å². The number of aliphatic hydroxyl groups is 1. The fourth-order valence-electron chi connectivity index (χ4n) is 7.38. The molecule has 0 unspecified atom stereocenters. The van der Waals surface area contributed by atoms with Crippen LogP contribution in [0.25, 0.3) is 10.4 Å². The van der Waals surface area contributed by atoms with Crippen molar-refractivity contribution in [1.82, 2.24) is 14.2 Å². The van der Waals surface area contributed by atoms with Crippen molar-refractivity contribution in [2.75, 3.05) is 19.3 Å². The molecule has 0 aliphatic carbocycles. The molecule has 3 aliphatic heterocycles. The number of fused-ring (bicyclic) bond motifs is 2. The molecule has 2 amide bonds. The first-order valence-electron chi connectivity index (χ1n) is 16.8. The van der Waals surface area contributed by atoms with E-state index in [2.05, 4.69) is 4.57 Å². The zero-order chi connectivity index (χ0) is 37.7. The number of thiazole rings is 1. The first-order chi connectivity index (χ1) is 25.4. The molecule has 5 atom stereocenters. The summed E-state index contributed by atoms with van der Waals surface area (Å²) >= 11 is 3.02. The number of nitro groups is 2. The normalized spacial score (nSPS) is 21.5. The van der Waals surface area contributed by atoms with Crippen LogP contribution in [0, 0.1) is 32.1 Å². The molecule has 5 heterocycles. The maximum atomic E-state index is 13.8. The lowest BCUT2D eigenvalue weighted by Gasteiger charge is -2.46. The molecule has 0 saturated carbocycles. The van der Waals surface area contributed by atoms with Crippen molar-refractivity contribution >= 4 is 62.8 Å². The number of carbonyl (C=O) groups is 3. The molecule has 53 heavy (non-hydrogen) atoms. The van der Waals surface area contributed by atoms with Crippen molar-refractivity contribution in [2.24, 2.45) is 11.8 Å². The van der Waals surface area contributed by atoms with E-state index >= 15 is 0 Å². The minimum atomic E-state index is -0.908. The molecule has 0 bridgehead atoms. The second-order valence-electron chi connectivity index (χ2n) is 13.2. The molecule has 18 heteroatoms. The van der Waals surface area contributed by atoms with E-state index in [1.54, 1.807) is 35.7 Å². The predicted molar refractivity (Wildman–Crippen MR) is 191 cm³/mol. The number of non-ortho nitro benzene ring substituents is 2. The number of thioether (sulfide) groups is 1. The summed E-state index contributed by atoms with van der Waals surface area (Å²) in [7, 11) is 0. The van der Waals surface area contributed by atoms with Gasteiger partial charge >= 0.3 is 12.1 Å². The number of esters is 1. The first kappa shape index (κ1) is 36.0. The fourth-order valence-corrected chi connectivity index (χ4v) is 9.61. The number of aromatic nitrogens is 2. The van der Waals surface area contributed by atoms with Gasteiger partial charge in [-0.3, -0.25) is 25.0 Å². The Bertz CT molecular complexity index is 2160. The number of carbonyl (C=O) groups excluding carboxylic acids is 3. The van der Waals surface area contributed by atoms with Crippen LogP contribution in [0.1, 0.15) is 42.3 Å². The number of nitrogens with zero attached hydrogens (tertiary/aromatic N) is 6. The molecule has 7 rings (SSSR count). The first-order valence-corrected chi connectivity index (χ1v) is 18.8. The van der Waals surface area contributed by atoms with Gasteiger partial charge in [-0.15, -0.1) is 0 Å². The van der Waals surface area contributed by atoms with Crippen LogP contribution in [0.5, 0.6) is 0 Å². The minimum Gasteiger partial charge on any atom is -0.456 e. The van der Waals surface area contributed by atoms with Crippen molar-refractivity contribution in [3.05, 3.63) is 103 Å². The third kappa shape index (κ3) is 6.50. The smallest absolute Gasteiger partial charge is 0.410 e. The number of rotatable bonds is 11. The Labute approximate surface area is 310 Å².